The first kappa shape index (κ1) is 16.7. The highest BCUT2D eigenvalue weighted by atomic mass is 16.5. The normalized spacial score (nSPS) is 13.8. The Kier molecular flexibility index (Phi) is 5.44. The zero-order valence-corrected chi connectivity index (χ0v) is 13.7. The van der Waals surface area contributed by atoms with Gasteiger partial charge in [-0.1, -0.05) is 12.1 Å². The molecular weight excluding hydrogens is 318 g/mol. The molecule has 1 aliphatic heterocycles. The van der Waals surface area contributed by atoms with Gasteiger partial charge in [-0.25, -0.2) is 9.78 Å². The molecule has 0 aliphatic carbocycles. The summed E-state index contributed by atoms with van der Waals surface area (Å²) in [6.45, 7) is 3.45. The van der Waals surface area contributed by atoms with Crippen molar-refractivity contribution in [3.8, 4) is 6.07 Å². The summed E-state index contributed by atoms with van der Waals surface area (Å²) in [4.78, 5) is 18.5. The third kappa shape index (κ3) is 4.68. The third-order valence-corrected chi connectivity index (χ3v) is 3.88. The van der Waals surface area contributed by atoms with Crippen molar-refractivity contribution < 1.29 is 9.53 Å². The summed E-state index contributed by atoms with van der Waals surface area (Å²) in [5.74, 6) is 0.881. The number of nitrogens with one attached hydrogen (secondary N) is 2. The van der Waals surface area contributed by atoms with Crippen LogP contribution in [0.4, 0.5) is 16.3 Å². The summed E-state index contributed by atoms with van der Waals surface area (Å²) in [5, 5.41) is 14.3. The van der Waals surface area contributed by atoms with E-state index in [1.54, 1.807) is 18.3 Å². The van der Waals surface area contributed by atoms with E-state index in [-0.39, 0.29) is 6.03 Å². The van der Waals surface area contributed by atoms with Gasteiger partial charge in [0.2, 0.25) is 0 Å². The molecule has 25 heavy (non-hydrogen) atoms. The molecule has 7 nitrogen and oxygen atoms in total. The number of carbonyl (C=O) groups is 1. The van der Waals surface area contributed by atoms with Crippen molar-refractivity contribution in [3.05, 3.63) is 53.7 Å². The van der Waals surface area contributed by atoms with Gasteiger partial charge in [0.05, 0.1) is 36.7 Å². The first-order chi connectivity index (χ1) is 12.2. The van der Waals surface area contributed by atoms with Crippen LogP contribution in [0.1, 0.15) is 11.1 Å². The van der Waals surface area contributed by atoms with Crippen LogP contribution < -0.4 is 15.5 Å². The van der Waals surface area contributed by atoms with Crippen LogP contribution in [0.3, 0.4) is 0 Å². The minimum atomic E-state index is -0.301. The predicted molar refractivity (Wildman–Crippen MR) is 94.3 cm³/mol. The zero-order valence-electron chi connectivity index (χ0n) is 13.7. The number of morpholine rings is 1. The van der Waals surface area contributed by atoms with Crippen LogP contribution in [0.2, 0.25) is 0 Å². The number of urea groups is 1. The minimum Gasteiger partial charge on any atom is -0.378 e. The number of pyridine rings is 1. The van der Waals surface area contributed by atoms with Crippen LogP contribution in [0, 0.1) is 11.3 Å². The van der Waals surface area contributed by atoms with E-state index in [9.17, 15) is 4.79 Å². The van der Waals surface area contributed by atoms with Gasteiger partial charge < -0.3 is 20.3 Å². The molecule has 0 bridgehead atoms. The number of nitriles is 1. The fourth-order valence-electron chi connectivity index (χ4n) is 2.49. The zero-order chi connectivity index (χ0) is 17.5. The number of aromatic nitrogens is 1. The molecule has 2 aromatic rings. The molecule has 0 unspecified atom stereocenters. The summed E-state index contributed by atoms with van der Waals surface area (Å²) in [6.07, 6.45) is 1.64. The first-order valence-electron chi connectivity index (χ1n) is 8.07. The molecule has 1 aliphatic rings. The maximum absolute atomic E-state index is 12.0. The topological polar surface area (TPSA) is 90.3 Å². The van der Waals surface area contributed by atoms with Crippen molar-refractivity contribution in [2.45, 2.75) is 6.54 Å². The van der Waals surface area contributed by atoms with Gasteiger partial charge in [-0.05, 0) is 29.8 Å². The second-order valence-electron chi connectivity index (χ2n) is 5.62. The molecule has 3 rings (SSSR count). The molecular formula is C18H19N5O2. The van der Waals surface area contributed by atoms with Crippen LogP contribution in [-0.2, 0) is 11.3 Å². The van der Waals surface area contributed by atoms with E-state index in [0.29, 0.717) is 31.0 Å². The molecule has 128 valence electrons. The van der Waals surface area contributed by atoms with Gasteiger partial charge in [0.25, 0.3) is 0 Å². The second kappa shape index (κ2) is 8.13. The first-order valence-corrected chi connectivity index (χ1v) is 8.07. The van der Waals surface area contributed by atoms with E-state index in [1.165, 1.54) is 0 Å². The predicted octanol–water partition coefficient (Wildman–Crippen LogP) is 2.11. The highest BCUT2D eigenvalue weighted by molar-refractivity contribution is 5.89. The Bertz CT molecular complexity index is 747. The molecule has 0 radical (unpaired) electrons. The Labute approximate surface area is 146 Å². The molecule has 1 fully saturated rings. The maximum Gasteiger partial charge on any atom is 0.319 e. The quantitative estimate of drug-likeness (QED) is 0.892. The Morgan fingerprint density at radius 2 is 1.96 bits per heavy atom. The van der Waals surface area contributed by atoms with E-state index in [2.05, 4.69) is 26.6 Å². The Balaban J connectivity index is 1.49. The average molecular weight is 337 g/mol. The van der Waals surface area contributed by atoms with Crippen LogP contribution in [0.15, 0.2) is 42.6 Å². The lowest BCUT2D eigenvalue weighted by molar-refractivity contribution is 0.122. The Hall–Kier alpha value is -3.11. The highest BCUT2D eigenvalue weighted by Gasteiger charge is 2.12. The fourth-order valence-corrected chi connectivity index (χ4v) is 2.49. The van der Waals surface area contributed by atoms with Crippen LogP contribution in [0.25, 0.3) is 0 Å². The minimum absolute atomic E-state index is 0.301. The smallest absolute Gasteiger partial charge is 0.319 e. The lowest BCUT2D eigenvalue weighted by Gasteiger charge is -2.27. The number of hydrogen-bond donors (Lipinski definition) is 2. The SMILES string of the molecule is N#Cc1ccc(CNC(=O)Nc2ccc(N3CCOCC3)nc2)cc1. The number of rotatable bonds is 4. The summed E-state index contributed by atoms with van der Waals surface area (Å²) in [6, 6.07) is 12.6. The number of benzene rings is 1. The molecule has 2 heterocycles. The van der Waals surface area contributed by atoms with Crippen molar-refractivity contribution in [1.82, 2.24) is 10.3 Å². The molecule has 1 aromatic carbocycles. The maximum atomic E-state index is 12.0. The summed E-state index contributed by atoms with van der Waals surface area (Å²) >= 11 is 0. The van der Waals surface area contributed by atoms with Gasteiger partial charge in [0, 0.05) is 19.6 Å². The van der Waals surface area contributed by atoms with Crippen molar-refractivity contribution >= 4 is 17.5 Å². The lowest BCUT2D eigenvalue weighted by Crippen LogP contribution is -2.36. The number of hydrogen-bond acceptors (Lipinski definition) is 5. The average Bonchev–Trinajstić information content (AvgIpc) is 2.68. The summed E-state index contributed by atoms with van der Waals surface area (Å²) in [5.41, 5.74) is 2.16. The van der Waals surface area contributed by atoms with Crippen molar-refractivity contribution in [2.24, 2.45) is 0 Å². The van der Waals surface area contributed by atoms with Crippen molar-refractivity contribution in [2.75, 3.05) is 36.5 Å². The number of ether oxygens (including phenoxy) is 1. The van der Waals surface area contributed by atoms with Gasteiger partial charge in [-0.2, -0.15) is 5.26 Å². The highest BCUT2D eigenvalue weighted by Crippen LogP contribution is 2.15. The van der Waals surface area contributed by atoms with Crippen molar-refractivity contribution in [1.29, 1.82) is 5.26 Å². The van der Waals surface area contributed by atoms with E-state index < -0.39 is 0 Å². The number of carbonyl (C=O) groups excluding carboxylic acids is 1. The van der Waals surface area contributed by atoms with Gasteiger partial charge in [0.1, 0.15) is 5.82 Å². The molecule has 2 amide bonds. The molecule has 2 N–H and O–H groups in total. The monoisotopic (exact) mass is 337 g/mol. The Morgan fingerprint density at radius 3 is 2.60 bits per heavy atom. The van der Waals surface area contributed by atoms with E-state index in [0.717, 1.165) is 24.5 Å². The third-order valence-electron chi connectivity index (χ3n) is 3.88. The lowest BCUT2D eigenvalue weighted by atomic mass is 10.1. The molecule has 0 saturated carbocycles. The number of nitrogens with zero attached hydrogens (tertiary/aromatic N) is 3. The van der Waals surface area contributed by atoms with Gasteiger partial charge >= 0.3 is 6.03 Å². The molecule has 0 spiro atoms. The van der Waals surface area contributed by atoms with Crippen LogP contribution >= 0.6 is 0 Å². The standard InChI is InChI=1S/C18H19N5O2/c19-11-14-1-3-15(4-2-14)12-21-18(24)22-16-5-6-17(20-13-16)23-7-9-25-10-8-23/h1-6,13H,7-10,12H2,(H2,21,22,24). The van der Waals surface area contributed by atoms with Crippen LogP contribution in [0.5, 0.6) is 0 Å². The summed E-state index contributed by atoms with van der Waals surface area (Å²) in [7, 11) is 0. The molecule has 7 heteroatoms. The number of amides is 2. The van der Waals surface area contributed by atoms with Crippen LogP contribution in [-0.4, -0.2) is 37.3 Å². The van der Waals surface area contributed by atoms with Gasteiger partial charge in [-0.3, -0.25) is 0 Å². The molecule has 0 atom stereocenters. The molecule has 1 aromatic heterocycles. The Morgan fingerprint density at radius 1 is 1.20 bits per heavy atom. The van der Waals surface area contributed by atoms with Gasteiger partial charge in [-0.15, -0.1) is 0 Å². The van der Waals surface area contributed by atoms with E-state index >= 15 is 0 Å². The van der Waals surface area contributed by atoms with Crippen molar-refractivity contribution in [3.63, 3.8) is 0 Å². The largest absolute Gasteiger partial charge is 0.378 e. The number of anilines is 2. The van der Waals surface area contributed by atoms with E-state index in [4.69, 9.17) is 10.00 Å². The summed E-state index contributed by atoms with van der Waals surface area (Å²) < 4.78 is 5.32. The van der Waals surface area contributed by atoms with E-state index in [1.807, 2.05) is 24.3 Å². The fraction of sp³-hybridized carbons (Fsp3) is 0.278. The molecule has 1 saturated heterocycles. The second-order valence-corrected chi connectivity index (χ2v) is 5.62. The van der Waals surface area contributed by atoms with Gasteiger partial charge in [0.15, 0.2) is 0 Å².